The minimum atomic E-state index is -0.860. The summed E-state index contributed by atoms with van der Waals surface area (Å²) < 4.78 is 0.896. The third-order valence-electron chi connectivity index (χ3n) is 5.34. The summed E-state index contributed by atoms with van der Waals surface area (Å²) in [5.74, 6) is -0.558. The number of benzene rings is 3. The van der Waals surface area contributed by atoms with Gasteiger partial charge in [-0.05, 0) is 83.1 Å². The molecule has 3 aromatic rings. The summed E-state index contributed by atoms with van der Waals surface area (Å²) in [6, 6.07) is 16.2. The van der Waals surface area contributed by atoms with Gasteiger partial charge >= 0.3 is 0 Å². The molecule has 1 aliphatic rings. The highest BCUT2D eigenvalue weighted by Crippen LogP contribution is 2.38. The van der Waals surface area contributed by atoms with Gasteiger partial charge in [-0.3, -0.25) is 9.59 Å². The van der Waals surface area contributed by atoms with Crippen molar-refractivity contribution < 1.29 is 9.59 Å². The molecule has 8 heteroatoms. The van der Waals surface area contributed by atoms with Crippen LogP contribution in [0.15, 0.2) is 60.7 Å². The van der Waals surface area contributed by atoms with Gasteiger partial charge in [0.25, 0.3) is 11.8 Å². The van der Waals surface area contributed by atoms with Crippen LogP contribution in [0.1, 0.15) is 40.5 Å². The van der Waals surface area contributed by atoms with Gasteiger partial charge in [-0.25, -0.2) is 0 Å². The first-order chi connectivity index (χ1) is 14.8. The molecule has 2 atom stereocenters. The van der Waals surface area contributed by atoms with E-state index in [-0.39, 0.29) is 11.8 Å². The van der Waals surface area contributed by atoms with Gasteiger partial charge in [0, 0.05) is 8.59 Å². The molecule has 158 valence electrons. The second-order valence-corrected chi connectivity index (χ2v) is 9.39. The van der Waals surface area contributed by atoms with Gasteiger partial charge in [-0.2, -0.15) is 0 Å². The number of amides is 2. The van der Waals surface area contributed by atoms with Gasteiger partial charge in [-0.1, -0.05) is 41.4 Å². The predicted octanol–water partition coefficient (Wildman–Crippen LogP) is 6.08. The first-order valence-electron chi connectivity index (χ1n) is 9.49. The van der Waals surface area contributed by atoms with Crippen LogP contribution in [-0.2, 0) is 4.79 Å². The topological polar surface area (TPSA) is 75.4 Å². The number of rotatable bonds is 3. The van der Waals surface area contributed by atoms with E-state index in [0.717, 1.165) is 9.13 Å². The molecule has 5 nitrogen and oxygen atoms in total. The summed E-state index contributed by atoms with van der Waals surface area (Å²) in [6.07, 6.45) is 0. The van der Waals surface area contributed by atoms with E-state index >= 15 is 0 Å². The van der Waals surface area contributed by atoms with E-state index in [1.165, 1.54) is 0 Å². The van der Waals surface area contributed by atoms with Crippen molar-refractivity contribution in [3.05, 3.63) is 91.0 Å². The highest BCUT2D eigenvalue weighted by atomic mass is 127. The molecule has 2 unspecified atom stereocenters. The lowest BCUT2D eigenvalue weighted by molar-refractivity contribution is -0.121. The minimum Gasteiger partial charge on any atom is -0.398 e. The van der Waals surface area contributed by atoms with Crippen molar-refractivity contribution in [2.75, 3.05) is 11.1 Å². The highest BCUT2D eigenvalue weighted by molar-refractivity contribution is 14.1. The van der Waals surface area contributed by atoms with E-state index in [1.54, 1.807) is 53.4 Å². The minimum absolute atomic E-state index is 0.257. The summed E-state index contributed by atoms with van der Waals surface area (Å²) in [4.78, 5) is 28.8. The molecule has 3 aromatic carbocycles. The Morgan fingerprint density at radius 3 is 2.42 bits per heavy atom. The number of anilines is 2. The van der Waals surface area contributed by atoms with Crippen LogP contribution in [0.4, 0.5) is 11.4 Å². The zero-order chi connectivity index (χ0) is 22.3. The van der Waals surface area contributed by atoms with E-state index in [2.05, 4.69) is 27.9 Å². The van der Waals surface area contributed by atoms with Gasteiger partial charge in [0.15, 0.2) is 0 Å². The fourth-order valence-electron chi connectivity index (χ4n) is 3.73. The molecule has 0 bridgehead atoms. The van der Waals surface area contributed by atoms with Crippen molar-refractivity contribution in [2.24, 2.45) is 0 Å². The average Bonchev–Trinajstić information content (AvgIpc) is 2.84. The summed E-state index contributed by atoms with van der Waals surface area (Å²) in [5.41, 5.74) is 8.78. The molecule has 0 aliphatic carbocycles. The number of carbonyl (C=O) groups excluding carboxylic acids is 2. The van der Waals surface area contributed by atoms with Crippen LogP contribution in [0.25, 0.3) is 0 Å². The maximum atomic E-state index is 13.8. The fraction of sp³-hybridized carbons (Fsp3) is 0.130. The molecule has 0 spiro atoms. The summed E-state index contributed by atoms with van der Waals surface area (Å²) in [6.45, 7) is 1.87. The summed E-state index contributed by atoms with van der Waals surface area (Å²) >= 11 is 14.3. The molecule has 1 aliphatic heterocycles. The number of fused-ring (bicyclic) bond motifs is 1. The number of nitrogens with zero attached hydrogens (tertiary/aromatic N) is 1. The Labute approximate surface area is 203 Å². The lowest BCUT2D eigenvalue weighted by Gasteiger charge is -2.35. The Morgan fingerprint density at radius 2 is 1.74 bits per heavy atom. The smallest absolute Gasteiger partial charge is 0.257 e. The molecule has 0 radical (unpaired) electrons. The lowest BCUT2D eigenvalue weighted by Crippen LogP contribution is -2.40. The number of nitrogens with two attached hydrogens (primary N) is 1. The van der Waals surface area contributed by atoms with Crippen molar-refractivity contribution in [3.63, 3.8) is 0 Å². The predicted molar refractivity (Wildman–Crippen MR) is 132 cm³/mol. The van der Waals surface area contributed by atoms with Crippen LogP contribution < -0.4 is 11.1 Å². The molecule has 4 rings (SSSR count). The third-order valence-corrected chi connectivity index (χ3v) is 6.60. The second kappa shape index (κ2) is 8.68. The quantitative estimate of drug-likeness (QED) is 0.299. The normalized spacial score (nSPS) is 17.0. The average molecular weight is 566 g/mol. The molecule has 1 heterocycles. The zero-order valence-corrected chi connectivity index (χ0v) is 20.1. The van der Waals surface area contributed by atoms with Gasteiger partial charge < -0.3 is 16.0 Å². The van der Waals surface area contributed by atoms with E-state index in [1.807, 2.05) is 19.1 Å². The molecule has 0 fully saturated rings. The van der Waals surface area contributed by atoms with Crippen LogP contribution in [0.2, 0.25) is 10.0 Å². The Hall–Kier alpha value is -2.29. The maximum Gasteiger partial charge on any atom is 0.257 e. The molecule has 0 aromatic heterocycles. The van der Waals surface area contributed by atoms with E-state index in [4.69, 9.17) is 28.9 Å². The first kappa shape index (κ1) is 21.9. The summed E-state index contributed by atoms with van der Waals surface area (Å²) in [5, 5.41) is 3.90. The van der Waals surface area contributed by atoms with E-state index in [9.17, 15) is 9.59 Å². The van der Waals surface area contributed by atoms with Crippen LogP contribution in [-0.4, -0.2) is 16.7 Å². The standard InChI is InChI=1S/C23H18Cl2IN3O2/c1-12(14-4-8-18(25)19(27)10-14)29-21(13-2-5-15(24)6-3-13)22(30)28-20-9-7-16(26)11-17(20)23(29)31/h2-12,21H,27H2,1H3,(H,28,30). The third kappa shape index (κ3) is 4.24. The first-order valence-corrected chi connectivity index (χ1v) is 11.3. The number of hydrogen-bond donors (Lipinski definition) is 2. The monoisotopic (exact) mass is 565 g/mol. The Morgan fingerprint density at radius 1 is 1.03 bits per heavy atom. The Kier molecular flexibility index (Phi) is 6.14. The van der Waals surface area contributed by atoms with E-state index in [0.29, 0.717) is 32.5 Å². The van der Waals surface area contributed by atoms with Gasteiger partial charge in [0.1, 0.15) is 6.04 Å². The van der Waals surface area contributed by atoms with Crippen molar-refractivity contribution in [1.29, 1.82) is 0 Å². The van der Waals surface area contributed by atoms with Gasteiger partial charge in [0.05, 0.1) is 28.0 Å². The van der Waals surface area contributed by atoms with Gasteiger partial charge in [0.2, 0.25) is 0 Å². The van der Waals surface area contributed by atoms with E-state index < -0.39 is 12.1 Å². The van der Waals surface area contributed by atoms with Crippen LogP contribution >= 0.6 is 45.8 Å². The molecule has 0 saturated heterocycles. The second-order valence-electron chi connectivity index (χ2n) is 7.30. The number of nitrogens with one attached hydrogen (secondary N) is 1. The molecule has 3 N–H and O–H groups in total. The van der Waals surface area contributed by atoms with Crippen molar-refractivity contribution in [2.45, 2.75) is 19.0 Å². The Balaban J connectivity index is 1.89. The Bertz CT molecular complexity index is 1180. The van der Waals surface area contributed by atoms with Gasteiger partial charge in [-0.15, -0.1) is 0 Å². The molecular formula is C23H18Cl2IN3O2. The van der Waals surface area contributed by atoms with Crippen molar-refractivity contribution >= 4 is 69.0 Å². The largest absolute Gasteiger partial charge is 0.398 e. The lowest BCUT2D eigenvalue weighted by atomic mass is 9.98. The van der Waals surface area contributed by atoms with Crippen molar-refractivity contribution in [3.8, 4) is 0 Å². The SMILES string of the molecule is CC(c1ccc(Cl)c(N)c1)N1C(=O)c2cc(I)ccc2NC(=O)C1c1ccc(Cl)cc1. The maximum absolute atomic E-state index is 13.8. The van der Waals surface area contributed by atoms with Crippen LogP contribution in [0, 0.1) is 3.57 Å². The molecule has 31 heavy (non-hydrogen) atoms. The number of carbonyl (C=O) groups is 2. The summed E-state index contributed by atoms with van der Waals surface area (Å²) in [7, 11) is 0. The fourth-order valence-corrected chi connectivity index (χ4v) is 4.46. The number of hydrogen-bond acceptors (Lipinski definition) is 3. The van der Waals surface area contributed by atoms with Crippen molar-refractivity contribution in [1.82, 2.24) is 4.90 Å². The van der Waals surface area contributed by atoms with Crippen LogP contribution in [0.3, 0.4) is 0 Å². The van der Waals surface area contributed by atoms with Crippen LogP contribution in [0.5, 0.6) is 0 Å². The zero-order valence-electron chi connectivity index (χ0n) is 16.4. The number of nitrogen functional groups attached to an aromatic ring is 1. The molecular weight excluding hydrogens is 548 g/mol. The number of halogens is 3. The molecule has 0 saturated carbocycles. The highest BCUT2D eigenvalue weighted by Gasteiger charge is 2.39. The molecule has 2 amide bonds.